The maximum absolute atomic E-state index is 8.09. The second kappa shape index (κ2) is 2.28. The summed E-state index contributed by atoms with van der Waals surface area (Å²) in [5.41, 5.74) is 0. The minimum atomic E-state index is 0.394. The van der Waals surface area contributed by atoms with Crippen molar-refractivity contribution in [2.24, 2.45) is 0 Å². The molecule has 1 saturated carbocycles. The van der Waals surface area contributed by atoms with Gasteiger partial charge in [0.1, 0.15) is 6.61 Å². The molecule has 0 aromatic heterocycles. The monoisotopic (exact) mass is 101 g/mol. The predicted molar refractivity (Wildman–Crippen MR) is 25.2 cm³/mol. The molecule has 0 bridgehead atoms. The molecule has 1 aliphatic carbocycles. The van der Waals surface area contributed by atoms with Gasteiger partial charge in [-0.1, -0.05) is 0 Å². The number of rotatable bonds is 3. The van der Waals surface area contributed by atoms with E-state index >= 15 is 0 Å². The van der Waals surface area contributed by atoms with Crippen molar-refractivity contribution in [3.05, 3.63) is 6.61 Å². The lowest BCUT2D eigenvalue weighted by atomic mass is 10.7. The molecule has 1 N–H and O–H groups in total. The van der Waals surface area contributed by atoms with Gasteiger partial charge in [-0.15, -0.1) is 0 Å². The van der Waals surface area contributed by atoms with Crippen molar-refractivity contribution in [2.75, 3.05) is 6.61 Å². The second-order valence-electron chi connectivity index (χ2n) is 1.72. The Kier molecular flexibility index (Phi) is 1.65. The summed E-state index contributed by atoms with van der Waals surface area (Å²) in [6.45, 7) is 1.43. The fourth-order valence-electron chi connectivity index (χ4n) is 0.414. The van der Waals surface area contributed by atoms with Crippen LogP contribution in [0.25, 0.3) is 0 Å². The summed E-state index contributed by atoms with van der Waals surface area (Å²) in [4.78, 5) is 0. The summed E-state index contributed by atoms with van der Waals surface area (Å²) in [6, 6.07) is 0. The van der Waals surface area contributed by atoms with E-state index in [9.17, 15) is 0 Å². The van der Waals surface area contributed by atoms with Crippen LogP contribution in [-0.4, -0.2) is 17.8 Å². The van der Waals surface area contributed by atoms with Crippen LogP contribution >= 0.6 is 0 Å². The predicted octanol–water partition coefficient (Wildman–Crippen LogP) is 0.700. The maximum Gasteiger partial charge on any atom is 0.105 e. The zero-order valence-corrected chi connectivity index (χ0v) is 4.13. The number of hydrogen-bond acceptors (Lipinski definition) is 2. The van der Waals surface area contributed by atoms with Crippen molar-refractivity contribution in [3.63, 3.8) is 0 Å². The van der Waals surface area contributed by atoms with Crippen LogP contribution in [0.15, 0.2) is 0 Å². The van der Waals surface area contributed by atoms with Crippen molar-refractivity contribution in [3.8, 4) is 0 Å². The molecule has 0 amide bonds. The summed E-state index contributed by atoms with van der Waals surface area (Å²) in [7, 11) is 0. The lowest BCUT2D eigenvalue weighted by molar-refractivity contribution is 0.110. The van der Waals surface area contributed by atoms with E-state index in [4.69, 9.17) is 9.84 Å². The lowest BCUT2D eigenvalue weighted by Crippen LogP contribution is -1.94. The van der Waals surface area contributed by atoms with Gasteiger partial charge >= 0.3 is 0 Å². The molecule has 1 radical (unpaired) electrons. The normalized spacial score (nSPS) is 20.1. The van der Waals surface area contributed by atoms with Gasteiger partial charge in [-0.3, -0.25) is 0 Å². The second-order valence-corrected chi connectivity index (χ2v) is 1.72. The average Bonchev–Trinajstić information content (AvgIpc) is 2.42. The Morgan fingerprint density at radius 1 is 1.71 bits per heavy atom. The van der Waals surface area contributed by atoms with Crippen LogP contribution in [0.3, 0.4) is 0 Å². The van der Waals surface area contributed by atoms with E-state index in [2.05, 4.69) is 0 Å². The minimum Gasteiger partial charge on any atom is -0.388 e. The van der Waals surface area contributed by atoms with Gasteiger partial charge in [0.25, 0.3) is 0 Å². The molecule has 1 aliphatic rings. The SMILES string of the molecule is O[CH]COC1CC1. The Bertz CT molecular complexity index is 50.0. The molecule has 2 nitrogen and oxygen atoms in total. The third-order valence-corrected chi connectivity index (χ3v) is 0.931. The van der Waals surface area contributed by atoms with Gasteiger partial charge in [-0.05, 0) is 12.8 Å². The molecule has 7 heavy (non-hydrogen) atoms. The van der Waals surface area contributed by atoms with E-state index in [1.165, 1.54) is 12.8 Å². The Hall–Kier alpha value is -0.0800. The van der Waals surface area contributed by atoms with E-state index in [-0.39, 0.29) is 0 Å². The third-order valence-electron chi connectivity index (χ3n) is 0.931. The lowest BCUT2D eigenvalue weighted by Gasteiger charge is -1.93. The Labute approximate surface area is 43.1 Å². The first-order valence-electron chi connectivity index (χ1n) is 2.51. The van der Waals surface area contributed by atoms with E-state index in [1.54, 1.807) is 0 Å². The van der Waals surface area contributed by atoms with Gasteiger partial charge in [-0.25, -0.2) is 0 Å². The standard InChI is InChI=1S/C5H9O2/c6-3-4-7-5-1-2-5/h3,5-6H,1-2,4H2. The van der Waals surface area contributed by atoms with Crippen LogP contribution in [0.2, 0.25) is 0 Å². The fourth-order valence-corrected chi connectivity index (χ4v) is 0.414. The Morgan fingerprint density at radius 2 is 2.43 bits per heavy atom. The van der Waals surface area contributed by atoms with Crippen molar-refractivity contribution in [2.45, 2.75) is 18.9 Å². The molecule has 1 rings (SSSR count). The highest BCUT2D eigenvalue weighted by molar-refractivity contribution is 4.73. The molecule has 0 atom stereocenters. The minimum absolute atomic E-state index is 0.394. The average molecular weight is 101 g/mol. The number of ether oxygens (including phenoxy) is 1. The molecule has 0 unspecified atom stereocenters. The first-order valence-corrected chi connectivity index (χ1v) is 2.51. The van der Waals surface area contributed by atoms with Gasteiger partial charge in [0.15, 0.2) is 0 Å². The third kappa shape index (κ3) is 1.90. The smallest absolute Gasteiger partial charge is 0.105 e. The van der Waals surface area contributed by atoms with Crippen molar-refractivity contribution in [1.29, 1.82) is 0 Å². The topological polar surface area (TPSA) is 29.5 Å². The van der Waals surface area contributed by atoms with Crippen LogP contribution in [0, 0.1) is 6.61 Å². The summed E-state index contributed by atoms with van der Waals surface area (Å²) in [6.07, 6.45) is 2.81. The zero-order valence-electron chi connectivity index (χ0n) is 4.13. The molecule has 0 aromatic rings. The van der Waals surface area contributed by atoms with Crippen LogP contribution in [0.1, 0.15) is 12.8 Å². The molecule has 1 fully saturated rings. The highest BCUT2D eigenvalue weighted by atomic mass is 16.5. The number of aliphatic hydroxyl groups excluding tert-OH is 1. The van der Waals surface area contributed by atoms with Gasteiger partial charge in [0.2, 0.25) is 0 Å². The first-order chi connectivity index (χ1) is 3.43. The molecule has 2 heteroatoms. The first kappa shape index (κ1) is 5.06. The Balaban J connectivity index is 1.80. The highest BCUT2D eigenvalue weighted by Gasteiger charge is 2.21. The van der Waals surface area contributed by atoms with Gasteiger partial charge in [0, 0.05) is 0 Å². The molecule has 0 saturated heterocycles. The van der Waals surface area contributed by atoms with Crippen molar-refractivity contribution >= 4 is 0 Å². The molecule has 0 heterocycles. The van der Waals surface area contributed by atoms with Crippen molar-refractivity contribution in [1.82, 2.24) is 0 Å². The van der Waals surface area contributed by atoms with Gasteiger partial charge < -0.3 is 9.84 Å². The molecular weight excluding hydrogens is 92.1 g/mol. The molecule has 0 aromatic carbocycles. The summed E-state index contributed by atoms with van der Waals surface area (Å²) < 4.78 is 5.00. The summed E-state index contributed by atoms with van der Waals surface area (Å²) in [5.74, 6) is 0. The largest absolute Gasteiger partial charge is 0.388 e. The molecule has 41 valence electrons. The molecule has 0 aliphatic heterocycles. The maximum atomic E-state index is 8.09. The van der Waals surface area contributed by atoms with E-state index < -0.39 is 0 Å². The number of aliphatic hydroxyl groups is 1. The summed E-state index contributed by atoms with van der Waals surface area (Å²) >= 11 is 0. The molecular formula is C5H9O2. The zero-order chi connectivity index (χ0) is 5.11. The van der Waals surface area contributed by atoms with Crippen LogP contribution in [-0.2, 0) is 4.74 Å². The van der Waals surface area contributed by atoms with Crippen LogP contribution in [0.4, 0.5) is 0 Å². The molecule has 0 spiro atoms. The fraction of sp³-hybridized carbons (Fsp3) is 0.800. The van der Waals surface area contributed by atoms with Gasteiger partial charge in [0.05, 0.1) is 12.7 Å². The van der Waals surface area contributed by atoms with Crippen molar-refractivity contribution < 1.29 is 9.84 Å². The summed E-state index contributed by atoms with van der Waals surface area (Å²) in [5, 5.41) is 8.09. The van der Waals surface area contributed by atoms with E-state index in [0.717, 1.165) is 6.61 Å². The van der Waals surface area contributed by atoms with E-state index in [1.807, 2.05) is 0 Å². The Morgan fingerprint density at radius 3 is 2.86 bits per heavy atom. The van der Waals surface area contributed by atoms with Crippen LogP contribution < -0.4 is 0 Å². The van der Waals surface area contributed by atoms with E-state index in [0.29, 0.717) is 12.7 Å². The highest BCUT2D eigenvalue weighted by Crippen LogP contribution is 2.22. The van der Waals surface area contributed by atoms with Crippen LogP contribution in [0.5, 0.6) is 0 Å². The number of hydrogen-bond donors (Lipinski definition) is 1. The quantitative estimate of drug-likeness (QED) is 0.567. The van der Waals surface area contributed by atoms with Gasteiger partial charge in [-0.2, -0.15) is 0 Å².